The van der Waals surface area contributed by atoms with Gasteiger partial charge in [0.15, 0.2) is 0 Å². The average Bonchev–Trinajstić information content (AvgIpc) is 2.38. The summed E-state index contributed by atoms with van der Waals surface area (Å²) in [5.41, 5.74) is 1.26. The topological polar surface area (TPSA) is 49.3 Å². The number of nitrogens with one attached hydrogen (secondary N) is 1. The third-order valence-corrected chi connectivity index (χ3v) is 4.55. The van der Waals surface area contributed by atoms with Crippen LogP contribution in [0.5, 0.6) is 0 Å². The summed E-state index contributed by atoms with van der Waals surface area (Å²) in [6.45, 7) is 4.41. The van der Waals surface area contributed by atoms with Gasteiger partial charge in [-0.3, -0.25) is 4.21 Å². The maximum absolute atomic E-state index is 12.2. The highest BCUT2D eigenvalue weighted by Gasteiger charge is 2.12. The third-order valence-electron chi connectivity index (χ3n) is 3.05. The van der Waals surface area contributed by atoms with Crippen LogP contribution in [0.1, 0.15) is 31.7 Å². The van der Waals surface area contributed by atoms with E-state index in [1.807, 2.05) is 31.3 Å². The number of hydrogen-bond acceptors (Lipinski definition) is 3. The predicted molar refractivity (Wildman–Crippen MR) is 76.4 cm³/mol. The van der Waals surface area contributed by atoms with E-state index in [-0.39, 0.29) is 12.6 Å². The van der Waals surface area contributed by atoms with Gasteiger partial charge in [0.25, 0.3) is 0 Å². The lowest BCUT2D eigenvalue weighted by molar-refractivity contribution is 0.272. The lowest BCUT2D eigenvalue weighted by Crippen LogP contribution is -2.32. The lowest BCUT2D eigenvalue weighted by Gasteiger charge is -2.14. The van der Waals surface area contributed by atoms with E-state index in [0.29, 0.717) is 18.1 Å². The molecule has 1 aromatic rings. The van der Waals surface area contributed by atoms with Crippen molar-refractivity contribution in [3.05, 3.63) is 29.8 Å². The van der Waals surface area contributed by atoms with Crippen molar-refractivity contribution in [2.24, 2.45) is 0 Å². The Morgan fingerprint density at radius 3 is 2.33 bits per heavy atom. The summed E-state index contributed by atoms with van der Waals surface area (Å²) in [6, 6.07) is 8.06. The molecule has 18 heavy (non-hydrogen) atoms. The van der Waals surface area contributed by atoms with Crippen molar-refractivity contribution < 1.29 is 9.32 Å². The third kappa shape index (κ3) is 4.52. The van der Waals surface area contributed by atoms with E-state index < -0.39 is 10.8 Å². The van der Waals surface area contributed by atoms with E-state index >= 15 is 0 Å². The molecule has 2 unspecified atom stereocenters. The molecule has 0 aliphatic carbocycles. The Morgan fingerprint density at radius 2 is 1.89 bits per heavy atom. The molecule has 2 atom stereocenters. The summed E-state index contributed by atoms with van der Waals surface area (Å²) >= 11 is 0. The molecule has 0 amide bonds. The number of rotatable bonds is 7. The zero-order chi connectivity index (χ0) is 13.5. The van der Waals surface area contributed by atoms with Crippen LogP contribution in [0.2, 0.25) is 0 Å². The summed E-state index contributed by atoms with van der Waals surface area (Å²) in [7, 11) is 0.823. The SMILES string of the molecule is CNC(CCO)CS(=O)c1ccc(C(C)C)cc1. The Hall–Kier alpha value is -0.710. The Morgan fingerprint density at radius 1 is 1.28 bits per heavy atom. The summed E-state index contributed by atoms with van der Waals surface area (Å²) in [6.07, 6.45) is 0.631. The van der Waals surface area contributed by atoms with Gasteiger partial charge in [0.2, 0.25) is 0 Å². The minimum absolute atomic E-state index is 0.0978. The largest absolute Gasteiger partial charge is 0.396 e. The average molecular weight is 269 g/mol. The fourth-order valence-electron chi connectivity index (χ4n) is 1.75. The van der Waals surface area contributed by atoms with Crippen LogP contribution in [0.3, 0.4) is 0 Å². The van der Waals surface area contributed by atoms with Crippen LogP contribution in [-0.4, -0.2) is 34.8 Å². The summed E-state index contributed by atoms with van der Waals surface area (Å²) in [5.74, 6) is 1.03. The van der Waals surface area contributed by atoms with E-state index in [1.54, 1.807) is 0 Å². The molecule has 3 nitrogen and oxygen atoms in total. The number of benzene rings is 1. The molecule has 0 saturated carbocycles. The van der Waals surface area contributed by atoms with Crippen LogP contribution in [0, 0.1) is 0 Å². The van der Waals surface area contributed by atoms with Gasteiger partial charge < -0.3 is 10.4 Å². The normalized spacial score (nSPS) is 14.7. The zero-order valence-corrected chi connectivity index (χ0v) is 12.2. The highest BCUT2D eigenvalue weighted by Crippen LogP contribution is 2.17. The van der Waals surface area contributed by atoms with Crippen molar-refractivity contribution in [1.82, 2.24) is 5.32 Å². The molecule has 0 saturated heterocycles. The van der Waals surface area contributed by atoms with Gasteiger partial charge in [0.1, 0.15) is 0 Å². The second-order valence-corrected chi connectivity index (χ2v) is 6.23. The molecule has 4 heteroatoms. The lowest BCUT2D eigenvalue weighted by atomic mass is 10.0. The Kier molecular flexibility index (Phi) is 6.54. The first kappa shape index (κ1) is 15.3. The minimum atomic E-state index is -1.01. The van der Waals surface area contributed by atoms with Crippen molar-refractivity contribution in [2.75, 3.05) is 19.4 Å². The fraction of sp³-hybridized carbons (Fsp3) is 0.571. The first-order chi connectivity index (χ1) is 8.58. The number of aliphatic hydroxyl groups is 1. The molecule has 0 radical (unpaired) electrons. The molecule has 0 heterocycles. The standard InChI is InChI=1S/C14H23NO2S/c1-11(2)12-4-6-14(7-5-12)18(17)10-13(15-3)8-9-16/h4-7,11,13,15-16H,8-10H2,1-3H3. The van der Waals surface area contributed by atoms with Gasteiger partial charge in [-0.15, -0.1) is 0 Å². The molecule has 0 fully saturated rings. The second kappa shape index (κ2) is 7.67. The molecule has 0 bridgehead atoms. The predicted octanol–water partition coefficient (Wildman–Crippen LogP) is 1.89. The van der Waals surface area contributed by atoms with E-state index in [4.69, 9.17) is 5.11 Å². The van der Waals surface area contributed by atoms with Crippen LogP contribution >= 0.6 is 0 Å². The van der Waals surface area contributed by atoms with E-state index in [9.17, 15) is 4.21 Å². The maximum atomic E-state index is 12.2. The molecule has 1 rings (SSSR count). The first-order valence-corrected chi connectivity index (χ1v) is 7.66. The van der Waals surface area contributed by atoms with Crippen LogP contribution in [0.25, 0.3) is 0 Å². The molecule has 2 N–H and O–H groups in total. The molecule has 0 spiro atoms. The van der Waals surface area contributed by atoms with Crippen LogP contribution in [0.4, 0.5) is 0 Å². The van der Waals surface area contributed by atoms with Gasteiger partial charge >= 0.3 is 0 Å². The molecule has 1 aromatic carbocycles. The van der Waals surface area contributed by atoms with E-state index in [1.165, 1.54) is 5.56 Å². The van der Waals surface area contributed by atoms with E-state index in [2.05, 4.69) is 19.2 Å². The molecule has 102 valence electrons. The quantitative estimate of drug-likeness (QED) is 0.795. The van der Waals surface area contributed by atoms with Gasteiger partial charge in [-0.1, -0.05) is 26.0 Å². The Balaban J connectivity index is 2.66. The summed E-state index contributed by atoms with van der Waals surface area (Å²) in [4.78, 5) is 0.859. The zero-order valence-electron chi connectivity index (χ0n) is 11.3. The van der Waals surface area contributed by atoms with Crippen LogP contribution in [-0.2, 0) is 10.8 Å². The van der Waals surface area contributed by atoms with Crippen molar-refractivity contribution in [1.29, 1.82) is 0 Å². The van der Waals surface area contributed by atoms with Crippen LogP contribution in [0.15, 0.2) is 29.2 Å². The van der Waals surface area contributed by atoms with Crippen molar-refractivity contribution >= 4 is 10.8 Å². The van der Waals surface area contributed by atoms with Gasteiger partial charge in [0.05, 0.1) is 10.8 Å². The fourth-order valence-corrected chi connectivity index (χ4v) is 3.08. The van der Waals surface area contributed by atoms with Gasteiger partial charge in [-0.25, -0.2) is 0 Å². The summed E-state index contributed by atoms with van der Waals surface area (Å²) in [5, 5.41) is 12.0. The second-order valence-electron chi connectivity index (χ2n) is 4.73. The number of hydrogen-bond donors (Lipinski definition) is 2. The van der Waals surface area contributed by atoms with Gasteiger partial charge in [-0.2, -0.15) is 0 Å². The van der Waals surface area contributed by atoms with Gasteiger partial charge in [-0.05, 0) is 37.1 Å². The Labute approximate surface area is 112 Å². The molecule has 0 aromatic heterocycles. The molecular formula is C14H23NO2S. The van der Waals surface area contributed by atoms with Crippen molar-refractivity contribution in [3.8, 4) is 0 Å². The van der Waals surface area contributed by atoms with Crippen molar-refractivity contribution in [2.45, 2.75) is 37.1 Å². The monoisotopic (exact) mass is 269 g/mol. The highest BCUT2D eigenvalue weighted by atomic mass is 32.2. The Bertz CT molecular complexity index is 376. The number of aliphatic hydroxyl groups excluding tert-OH is 1. The highest BCUT2D eigenvalue weighted by molar-refractivity contribution is 7.85. The summed E-state index contributed by atoms with van der Waals surface area (Å²) < 4.78 is 12.2. The van der Waals surface area contributed by atoms with E-state index in [0.717, 1.165) is 4.90 Å². The minimum Gasteiger partial charge on any atom is -0.396 e. The smallest absolute Gasteiger partial charge is 0.0545 e. The maximum Gasteiger partial charge on any atom is 0.0545 e. The molecule has 0 aliphatic heterocycles. The first-order valence-electron chi connectivity index (χ1n) is 6.35. The molecular weight excluding hydrogens is 246 g/mol. The van der Waals surface area contributed by atoms with Crippen molar-refractivity contribution in [3.63, 3.8) is 0 Å². The molecule has 0 aliphatic rings. The van der Waals surface area contributed by atoms with Gasteiger partial charge in [0, 0.05) is 23.3 Å². The van der Waals surface area contributed by atoms with Crippen LogP contribution < -0.4 is 5.32 Å².